The van der Waals surface area contributed by atoms with Crippen LogP contribution < -0.4 is 4.74 Å². The molecule has 2 aromatic rings. The second kappa shape index (κ2) is 8.81. The maximum absolute atomic E-state index is 12.9. The molecule has 0 amide bonds. The Kier molecular flexibility index (Phi) is 5.85. The molecule has 0 saturated heterocycles. The van der Waals surface area contributed by atoms with Crippen LogP contribution in [0.1, 0.15) is 60.4 Å². The number of rotatable bonds is 3. The molecule has 5 nitrogen and oxygen atoms in total. The Balaban J connectivity index is 1.46. The summed E-state index contributed by atoms with van der Waals surface area (Å²) in [6, 6.07) is 11.5. The number of hydrogen-bond acceptors (Lipinski definition) is 5. The third-order valence-electron chi connectivity index (χ3n) is 6.22. The second-order valence-corrected chi connectivity index (χ2v) is 9.19. The van der Waals surface area contributed by atoms with Gasteiger partial charge >= 0.3 is 5.97 Å². The number of ether oxygens (including phenoxy) is 2. The summed E-state index contributed by atoms with van der Waals surface area (Å²) in [5.74, 6) is 0.721. The van der Waals surface area contributed by atoms with Crippen LogP contribution in [-0.2, 0) is 14.3 Å². The van der Waals surface area contributed by atoms with Gasteiger partial charge in [-0.2, -0.15) is 0 Å². The number of esters is 1. The average molecular weight is 483 g/mol. The minimum Gasteiger partial charge on any atom is -0.465 e. The molecule has 0 bridgehead atoms. The molecule has 1 heterocycles. The summed E-state index contributed by atoms with van der Waals surface area (Å²) in [6.07, 6.45) is 3.80. The number of carbonyl (C=O) groups excluding carboxylic acids is 3. The number of benzene rings is 2. The van der Waals surface area contributed by atoms with Gasteiger partial charge in [-0.1, -0.05) is 35.3 Å². The summed E-state index contributed by atoms with van der Waals surface area (Å²) in [6.45, 7) is 0. The quantitative estimate of drug-likeness (QED) is 0.376. The zero-order chi connectivity index (χ0) is 23.1. The molecule has 0 N–H and O–H groups in total. The lowest BCUT2D eigenvalue weighted by Gasteiger charge is -2.36. The van der Waals surface area contributed by atoms with E-state index < -0.39 is 11.9 Å². The van der Waals surface area contributed by atoms with Crippen molar-refractivity contribution in [2.45, 2.75) is 44.4 Å². The Hall–Kier alpha value is -2.89. The number of ketones is 2. The van der Waals surface area contributed by atoms with Gasteiger partial charge in [0.2, 0.25) is 0 Å². The van der Waals surface area contributed by atoms with E-state index in [1.54, 1.807) is 30.3 Å². The van der Waals surface area contributed by atoms with Crippen LogP contribution in [0.3, 0.4) is 0 Å². The molecule has 0 fully saturated rings. The predicted octanol–water partition coefficient (Wildman–Crippen LogP) is 6.34. The van der Waals surface area contributed by atoms with Crippen LogP contribution in [0, 0.1) is 0 Å². The summed E-state index contributed by atoms with van der Waals surface area (Å²) >= 11 is 12.0. The first-order valence-electron chi connectivity index (χ1n) is 10.9. The highest BCUT2D eigenvalue weighted by Crippen LogP contribution is 2.47. The fourth-order valence-corrected chi connectivity index (χ4v) is 5.18. The number of carbonyl (C=O) groups is 3. The number of Topliss-reactive ketones (excluding diaryl/α,β-unsaturated/α-hetero) is 2. The van der Waals surface area contributed by atoms with Gasteiger partial charge in [0.05, 0.1) is 10.6 Å². The van der Waals surface area contributed by atoms with E-state index in [9.17, 15) is 14.4 Å². The first kappa shape index (κ1) is 21.9. The molecule has 168 valence electrons. The first-order chi connectivity index (χ1) is 15.9. The third-order valence-corrected chi connectivity index (χ3v) is 6.76. The zero-order valence-electron chi connectivity index (χ0n) is 17.7. The molecule has 0 spiro atoms. The second-order valence-electron chi connectivity index (χ2n) is 8.34. The van der Waals surface area contributed by atoms with Crippen molar-refractivity contribution in [1.29, 1.82) is 0 Å². The van der Waals surface area contributed by atoms with Crippen molar-refractivity contribution in [1.82, 2.24) is 0 Å². The normalized spacial score (nSPS) is 18.6. The van der Waals surface area contributed by atoms with E-state index in [1.165, 1.54) is 12.1 Å². The first-order valence-corrected chi connectivity index (χ1v) is 11.7. The number of hydrogen-bond donors (Lipinski definition) is 0. The molecular formula is C26H20Cl2O5. The number of allylic oxidation sites excluding steroid dienone is 4. The summed E-state index contributed by atoms with van der Waals surface area (Å²) < 4.78 is 11.5. The van der Waals surface area contributed by atoms with Crippen molar-refractivity contribution in [2.24, 2.45) is 0 Å². The van der Waals surface area contributed by atoms with Crippen LogP contribution >= 0.6 is 23.2 Å². The molecule has 33 heavy (non-hydrogen) atoms. The zero-order valence-corrected chi connectivity index (χ0v) is 19.2. The lowest BCUT2D eigenvalue weighted by atomic mass is 9.73. The molecule has 0 atom stereocenters. The van der Waals surface area contributed by atoms with Crippen molar-refractivity contribution < 1.29 is 23.9 Å². The summed E-state index contributed by atoms with van der Waals surface area (Å²) in [5, 5.41) is 0.631. The molecule has 2 aromatic carbocycles. The molecule has 7 heteroatoms. The van der Waals surface area contributed by atoms with Crippen molar-refractivity contribution >= 4 is 40.7 Å². The summed E-state index contributed by atoms with van der Waals surface area (Å²) in [7, 11) is 0. The molecule has 0 unspecified atom stereocenters. The highest BCUT2D eigenvalue weighted by Gasteiger charge is 2.41. The largest absolute Gasteiger partial charge is 0.465 e. The van der Waals surface area contributed by atoms with E-state index in [-0.39, 0.29) is 22.2 Å². The topological polar surface area (TPSA) is 69.7 Å². The van der Waals surface area contributed by atoms with Crippen molar-refractivity contribution in [3.63, 3.8) is 0 Å². The SMILES string of the molecule is O=C1CCCC2=C1C(c1ccc(OC(=O)c3ccc(Cl)cc3Cl)cc1)C1=C(CCCC1=O)O2. The van der Waals surface area contributed by atoms with Crippen LogP contribution in [0.5, 0.6) is 5.75 Å². The molecule has 1 aliphatic heterocycles. The standard InChI is InChI=1S/C26H20Cl2O5/c27-15-9-12-17(18(28)13-15)26(31)32-16-10-7-14(8-11-16)23-24-19(29)3-1-5-21(24)33-22-6-2-4-20(30)25(22)23/h7-13,23H,1-6H2. The highest BCUT2D eigenvalue weighted by molar-refractivity contribution is 6.36. The Morgan fingerprint density at radius 3 is 2.03 bits per heavy atom. The van der Waals surface area contributed by atoms with E-state index in [0.717, 1.165) is 18.4 Å². The molecule has 0 aromatic heterocycles. The Labute approximate surface area is 201 Å². The van der Waals surface area contributed by atoms with Crippen LogP contribution in [0.2, 0.25) is 10.0 Å². The van der Waals surface area contributed by atoms with Crippen molar-refractivity contribution in [3.05, 3.63) is 86.3 Å². The lowest BCUT2D eigenvalue weighted by Crippen LogP contribution is -2.30. The minimum atomic E-state index is -0.601. The third kappa shape index (κ3) is 4.11. The van der Waals surface area contributed by atoms with Crippen molar-refractivity contribution in [2.75, 3.05) is 0 Å². The molecule has 0 radical (unpaired) electrons. The average Bonchev–Trinajstić information content (AvgIpc) is 2.78. The van der Waals surface area contributed by atoms with E-state index >= 15 is 0 Å². The Bertz CT molecular complexity index is 1200. The smallest absolute Gasteiger partial charge is 0.345 e. The Morgan fingerprint density at radius 1 is 0.848 bits per heavy atom. The van der Waals surface area contributed by atoms with Crippen LogP contribution in [0.15, 0.2) is 65.1 Å². The monoisotopic (exact) mass is 482 g/mol. The maximum Gasteiger partial charge on any atom is 0.345 e. The fourth-order valence-electron chi connectivity index (χ4n) is 4.70. The van der Waals surface area contributed by atoms with Gasteiger partial charge in [-0.25, -0.2) is 4.79 Å². The van der Waals surface area contributed by atoms with Gasteiger partial charge in [-0.05, 0) is 48.7 Å². The van der Waals surface area contributed by atoms with Gasteiger partial charge in [-0.3, -0.25) is 9.59 Å². The minimum absolute atomic E-state index is 0.0269. The fraction of sp³-hybridized carbons (Fsp3) is 0.269. The van der Waals surface area contributed by atoms with Gasteiger partial charge in [-0.15, -0.1) is 0 Å². The van der Waals surface area contributed by atoms with Gasteiger partial charge < -0.3 is 9.47 Å². The lowest BCUT2D eigenvalue weighted by molar-refractivity contribution is -0.117. The Morgan fingerprint density at radius 2 is 1.45 bits per heavy atom. The summed E-state index contributed by atoms with van der Waals surface area (Å²) in [5.41, 5.74) is 2.19. The van der Waals surface area contributed by atoms with Crippen LogP contribution in [0.25, 0.3) is 0 Å². The van der Waals surface area contributed by atoms with Crippen molar-refractivity contribution in [3.8, 4) is 5.75 Å². The summed E-state index contributed by atoms with van der Waals surface area (Å²) in [4.78, 5) is 38.2. The van der Waals surface area contributed by atoms with Gasteiger partial charge in [0.25, 0.3) is 0 Å². The van der Waals surface area contributed by atoms with Gasteiger partial charge in [0, 0.05) is 47.8 Å². The van der Waals surface area contributed by atoms with Crippen LogP contribution in [0.4, 0.5) is 0 Å². The van der Waals surface area contributed by atoms with Gasteiger partial charge in [0.1, 0.15) is 17.3 Å². The van der Waals surface area contributed by atoms with Crippen LogP contribution in [-0.4, -0.2) is 17.5 Å². The van der Waals surface area contributed by atoms with Gasteiger partial charge in [0.15, 0.2) is 11.6 Å². The van der Waals surface area contributed by atoms with E-state index in [0.29, 0.717) is 59.1 Å². The van der Waals surface area contributed by atoms with E-state index in [4.69, 9.17) is 32.7 Å². The molecular weight excluding hydrogens is 463 g/mol. The number of halogens is 2. The van der Waals surface area contributed by atoms with E-state index in [1.807, 2.05) is 0 Å². The molecule has 0 saturated carbocycles. The predicted molar refractivity (Wildman–Crippen MR) is 123 cm³/mol. The maximum atomic E-state index is 12.9. The highest BCUT2D eigenvalue weighted by atomic mass is 35.5. The van der Waals surface area contributed by atoms with E-state index in [2.05, 4.69) is 0 Å². The molecule has 2 aliphatic carbocycles. The molecule has 3 aliphatic rings. The molecule has 5 rings (SSSR count).